The maximum absolute atomic E-state index is 14.5. The van der Waals surface area contributed by atoms with Crippen LogP contribution in [0.3, 0.4) is 0 Å². The van der Waals surface area contributed by atoms with Crippen molar-refractivity contribution in [2.45, 2.75) is 0 Å². The van der Waals surface area contributed by atoms with Gasteiger partial charge in [0.1, 0.15) is 5.65 Å². The third-order valence-corrected chi connectivity index (χ3v) is 8.01. The number of aromatic nitrogens is 2. The Balaban J connectivity index is 1.60. The van der Waals surface area contributed by atoms with Gasteiger partial charge in [0.05, 0.1) is 22.7 Å². The molecule has 8 rings (SSSR count). The molecule has 0 N–H and O–H groups in total. The van der Waals surface area contributed by atoms with E-state index in [4.69, 9.17) is 4.98 Å². The van der Waals surface area contributed by atoms with Gasteiger partial charge in [-0.3, -0.25) is 9.20 Å². The summed E-state index contributed by atoms with van der Waals surface area (Å²) < 4.78 is 1.77. The highest BCUT2D eigenvalue weighted by atomic mass is 16.1. The molecule has 0 aliphatic heterocycles. The van der Waals surface area contributed by atoms with Crippen molar-refractivity contribution in [3.05, 3.63) is 143 Å². The van der Waals surface area contributed by atoms with Crippen molar-refractivity contribution < 1.29 is 0 Å². The van der Waals surface area contributed by atoms with Gasteiger partial charge in [-0.1, -0.05) is 109 Å². The van der Waals surface area contributed by atoms with Gasteiger partial charge in [0.2, 0.25) is 0 Å². The van der Waals surface area contributed by atoms with Gasteiger partial charge in [-0.05, 0) is 40.5 Å². The second kappa shape index (κ2) is 8.87. The maximum atomic E-state index is 14.5. The van der Waals surface area contributed by atoms with E-state index in [2.05, 4.69) is 42.5 Å². The smallest absolute Gasteiger partial charge is 0.264 e. The van der Waals surface area contributed by atoms with E-state index in [0.717, 1.165) is 60.6 Å². The van der Waals surface area contributed by atoms with Crippen molar-refractivity contribution in [2.24, 2.45) is 0 Å². The summed E-state index contributed by atoms with van der Waals surface area (Å²) in [4.78, 5) is 19.7. The van der Waals surface area contributed by atoms with Crippen molar-refractivity contribution >= 4 is 38.2 Å². The van der Waals surface area contributed by atoms with Gasteiger partial charge in [-0.25, -0.2) is 4.98 Å². The fourth-order valence-electron chi connectivity index (χ4n) is 6.19. The monoisotopic (exact) mass is 523 g/mol. The van der Waals surface area contributed by atoms with Crippen molar-refractivity contribution in [3.8, 4) is 39.4 Å². The average molecular weight is 524 g/mol. The van der Waals surface area contributed by atoms with Crippen LogP contribution in [0, 0.1) is 11.3 Å². The van der Waals surface area contributed by atoms with E-state index < -0.39 is 0 Å². The maximum Gasteiger partial charge on any atom is 0.264 e. The van der Waals surface area contributed by atoms with Crippen LogP contribution in [0.2, 0.25) is 0 Å². The van der Waals surface area contributed by atoms with Crippen molar-refractivity contribution in [1.29, 1.82) is 5.26 Å². The van der Waals surface area contributed by atoms with Crippen LogP contribution in [0.5, 0.6) is 0 Å². The number of hydrogen-bond donors (Lipinski definition) is 0. The molecule has 2 aromatic heterocycles. The molecular weight excluding hydrogens is 502 g/mol. The fraction of sp³-hybridized carbons (Fsp3) is 0. The molecule has 0 bridgehead atoms. The molecule has 8 aromatic rings. The summed E-state index contributed by atoms with van der Waals surface area (Å²) in [5, 5.41) is 13.1. The van der Waals surface area contributed by atoms with Gasteiger partial charge in [-0.2, -0.15) is 5.26 Å². The first-order chi connectivity index (χ1) is 20.2. The second-order valence-electron chi connectivity index (χ2n) is 10.2. The van der Waals surface area contributed by atoms with Crippen LogP contribution in [-0.2, 0) is 0 Å². The first-order valence-corrected chi connectivity index (χ1v) is 13.5. The molecule has 0 unspecified atom stereocenters. The summed E-state index contributed by atoms with van der Waals surface area (Å²) in [5.74, 6) is 0. The fourth-order valence-corrected chi connectivity index (χ4v) is 6.19. The first kappa shape index (κ1) is 23.1. The molecular formula is C37H21N3O. The van der Waals surface area contributed by atoms with E-state index in [1.807, 2.05) is 91.0 Å². The normalized spacial score (nSPS) is 11.5. The Morgan fingerprint density at radius 2 is 1.10 bits per heavy atom. The molecule has 0 atom stereocenters. The molecule has 0 saturated carbocycles. The second-order valence-corrected chi connectivity index (χ2v) is 10.2. The van der Waals surface area contributed by atoms with Crippen LogP contribution in [-0.4, -0.2) is 9.38 Å². The summed E-state index contributed by atoms with van der Waals surface area (Å²) in [6, 6.07) is 44.5. The highest BCUT2D eigenvalue weighted by molar-refractivity contribution is 6.21. The van der Waals surface area contributed by atoms with E-state index in [-0.39, 0.29) is 5.56 Å². The number of benzene rings is 6. The molecule has 0 amide bonds. The van der Waals surface area contributed by atoms with E-state index in [9.17, 15) is 10.1 Å². The average Bonchev–Trinajstić information content (AvgIpc) is 3.45. The van der Waals surface area contributed by atoms with Gasteiger partial charge in [0.15, 0.2) is 0 Å². The lowest BCUT2D eigenvalue weighted by Gasteiger charge is -2.14. The van der Waals surface area contributed by atoms with E-state index in [1.165, 1.54) is 0 Å². The third kappa shape index (κ3) is 3.33. The minimum atomic E-state index is -0.142. The number of pyridine rings is 1. The largest absolute Gasteiger partial charge is 0.268 e. The van der Waals surface area contributed by atoms with Gasteiger partial charge in [0.25, 0.3) is 5.56 Å². The molecule has 0 fully saturated rings. The SMILES string of the molecule is N#Cc1ccc2c3c1c(-c1ccccc1)ccc3c(=O)n1c2nc2c(-c3ccccc3)ccc(-c3ccccc3)c21. The predicted octanol–water partition coefficient (Wildman–Crippen LogP) is 8.46. The van der Waals surface area contributed by atoms with E-state index >= 15 is 0 Å². The molecule has 0 saturated heterocycles. The minimum absolute atomic E-state index is 0.142. The number of nitrogens with zero attached hydrogens (tertiary/aromatic N) is 3. The summed E-state index contributed by atoms with van der Waals surface area (Å²) in [7, 11) is 0. The molecule has 6 aromatic carbocycles. The summed E-state index contributed by atoms with van der Waals surface area (Å²) in [6.45, 7) is 0. The lowest BCUT2D eigenvalue weighted by atomic mass is 9.91. The first-order valence-electron chi connectivity index (χ1n) is 13.5. The van der Waals surface area contributed by atoms with Gasteiger partial charge in [-0.15, -0.1) is 0 Å². The van der Waals surface area contributed by atoms with Gasteiger partial charge in [0, 0.05) is 32.7 Å². The Hall–Kier alpha value is -5.79. The predicted molar refractivity (Wildman–Crippen MR) is 166 cm³/mol. The molecule has 2 heterocycles. The molecule has 41 heavy (non-hydrogen) atoms. The standard InChI is InChI=1S/C37H21N3O/c38-22-26-16-17-30-33-31(21-18-27(32(26)33)23-10-4-1-5-11-23)37(41)40-35-29(25-14-8-3-9-15-25)20-19-28(34(35)39-36(30)40)24-12-6-2-7-13-24/h1-21H. The Labute approximate surface area is 235 Å². The summed E-state index contributed by atoms with van der Waals surface area (Å²) in [6.07, 6.45) is 0. The number of hydrogen-bond acceptors (Lipinski definition) is 3. The number of rotatable bonds is 3. The number of imidazole rings is 1. The summed E-state index contributed by atoms with van der Waals surface area (Å²) in [5.41, 5.74) is 8.44. The zero-order valence-electron chi connectivity index (χ0n) is 21.9. The number of nitriles is 1. The molecule has 0 aliphatic rings. The molecule has 4 nitrogen and oxygen atoms in total. The summed E-state index contributed by atoms with van der Waals surface area (Å²) >= 11 is 0. The Morgan fingerprint density at radius 3 is 1.73 bits per heavy atom. The Morgan fingerprint density at radius 1 is 0.561 bits per heavy atom. The minimum Gasteiger partial charge on any atom is -0.268 e. The molecule has 190 valence electrons. The lowest BCUT2D eigenvalue weighted by molar-refractivity contribution is 1.19. The van der Waals surface area contributed by atoms with Crippen LogP contribution < -0.4 is 5.56 Å². The quantitative estimate of drug-likeness (QED) is 0.233. The Kier molecular flexibility index (Phi) is 5.01. The van der Waals surface area contributed by atoms with Crippen molar-refractivity contribution in [1.82, 2.24) is 9.38 Å². The van der Waals surface area contributed by atoms with Gasteiger partial charge >= 0.3 is 0 Å². The topological polar surface area (TPSA) is 58.2 Å². The zero-order chi connectivity index (χ0) is 27.5. The van der Waals surface area contributed by atoms with Crippen LogP contribution in [0.25, 0.3) is 71.6 Å². The van der Waals surface area contributed by atoms with Crippen molar-refractivity contribution in [2.75, 3.05) is 0 Å². The van der Waals surface area contributed by atoms with Crippen molar-refractivity contribution in [3.63, 3.8) is 0 Å². The van der Waals surface area contributed by atoms with E-state index in [1.54, 1.807) is 4.40 Å². The number of fused-ring (bicyclic) bond motifs is 4. The Bertz CT molecular complexity index is 2370. The third-order valence-electron chi connectivity index (χ3n) is 8.01. The zero-order valence-corrected chi connectivity index (χ0v) is 21.9. The highest BCUT2D eigenvalue weighted by Crippen LogP contribution is 2.40. The highest BCUT2D eigenvalue weighted by Gasteiger charge is 2.23. The molecule has 4 heteroatoms. The molecule has 0 spiro atoms. The van der Waals surface area contributed by atoms with Crippen LogP contribution >= 0.6 is 0 Å². The molecule has 0 radical (unpaired) electrons. The lowest BCUT2D eigenvalue weighted by Crippen LogP contribution is -2.14. The van der Waals surface area contributed by atoms with Crippen LogP contribution in [0.15, 0.2) is 132 Å². The van der Waals surface area contributed by atoms with E-state index in [0.29, 0.717) is 16.6 Å². The van der Waals surface area contributed by atoms with Crippen LogP contribution in [0.1, 0.15) is 5.56 Å². The van der Waals surface area contributed by atoms with Gasteiger partial charge < -0.3 is 0 Å². The molecule has 0 aliphatic carbocycles. The van der Waals surface area contributed by atoms with Crippen LogP contribution in [0.4, 0.5) is 0 Å².